The van der Waals surface area contributed by atoms with E-state index in [0.29, 0.717) is 0 Å². The van der Waals surface area contributed by atoms with E-state index in [1.165, 1.54) is 11.1 Å². The molecule has 94 valence electrons. The summed E-state index contributed by atoms with van der Waals surface area (Å²) in [5, 5.41) is 3.16. The van der Waals surface area contributed by atoms with E-state index in [2.05, 4.69) is 40.3 Å². The normalized spacial score (nSPS) is 10.4. The van der Waals surface area contributed by atoms with Gasteiger partial charge in [0.05, 0.1) is 0 Å². The first kappa shape index (κ1) is 13.1. The highest BCUT2D eigenvalue weighted by Gasteiger charge is 2.04. The fraction of sp³-hybridized carbons (Fsp3) is 0.200. The third-order valence-electron chi connectivity index (χ3n) is 2.62. The molecule has 0 spiro atoms. The minimum Gasteiger partial charge on any atom is -0.457 e. The fourth-order valence-corrected chi connectivity index (χ4v) is 2.03. The maximum atomic E-state index is 5.91. The Balaban J connectivity index is 2.25. The molecule has 0 atom stereocenters. The lowest BCUT2D eigenvalue weighted by Gasteiger charge is -2.12. The Labute approximate surface area is 116 Å². The molecule has 1 N–H and O–H groups in total. The fourth-order valence-electron chi connectivity index (χ4n) is 1.77. The molecule has 0 heterocycles. The van der Waals surface area contributed by atoms with Crippen molar-refractivity contribution in [2.45, 2.75) is 13.5 Å². The predicted octanol–water partition coefficient (Wildman–Crippen LogP) is 4.27. The summed E-state index contributed by atoms with van der Waals surface area (Å²) in [5.74, 6) is 1.75. The maximum Gasteiger partial charge on any atom is 0.131 e. The van der Waals surface area contributed by atoms with E-state index in [9.17, 15) is 0 Å². The summed E-state index contributed by atoms with van der Waals surface area (Å²) in [6, 6.07) is 14.1. The van der Waals surface area contributed by atoms with Crippen LogP contribution in [0.3, 0.4) is 0 Å². The second kappa shape index (κ2) is 6.03. The quantitative estimate of drug-likeness (QED) is 0.911. The van der Waals surface area contributed by atoms with Crippen molar-refractivity contribution in [2.24, 2.45) is 0 Å². The van der Waals surface area contributed by atoms with Crippen LogP contribution in [-0.2, 0) is 6.54 Å². The third-order valence-corrected chi connectivity index (χ3v) is 3.15. The molecule has 0 radical (unpaired) electrons. The standard InChI is InChI=1S/C15H16BrNO/c1-11-3-8-15(12(9-11)10-17-2)18-14-6-4-13(16)5-7-14/h3-9,17H,10H2,1-2H3. The van der Waals surface area contributed by atoms with Gasteiger partial charge in [0.15, 0.2) is 0 Å². The van der Waals surface area contributed by atoms with Gasteiger partial charge in [0.1, 0.15) is 11.5 Å². The SMILES string of the molecule is CNCc1cc(C)ccc1Oc1ccc(Br)cc1. The summed E-state index contributed by atoms with van der Waals surface area (Å²) in [7, 11) is 1.94. The highest BCUT2D eigenvalue weighted by atomic mass is 79.9. The maximum absolute atomic E-state index is 5.91. The number of aryl methyl sites for hydroxylation is 1. The highest BCUT2D eigenvalue weighted by Crippen LogP contribution is 2.27. The zero-order valence-corrected chi connectivity index (χ0v) is 12.1. The van der Waals surface area contributed by atoms with Crippen molar-refractivity contribution < 1.29 is 4.74 Å². The van der Waals surface area contributed by atoms with Crippen LogP contribution in [0.2, 0.25) is 0 Å². The molecule has 2 aromatic carbocycles. The molecule has 0 saturated carbocycles. The monoisotopic (exact) mass is 305 g/mol. The van der Waals surface area contributed by atoms with Crippen molar-refractivity contribution >= 4 is 15.9 Å². The van der Waals surface area contributed by atoms with Crippen molar-refractivity contribution in [3.05, 3.63) is 58.1 Å². The molecular formula is C15H16BrNO. The van der Waals surface area contributed by atoms with Gasteiger partial charge in [-0.1, -0.05) is 33.6 Å². The Morgan fingerprint density at radius 3 is 2.50 bits per heavy atom. The van der Waals surface area contributed by atoms with E-state index in [-0.39, 0.29) is 0 Å². The minimum atomic E-state index is 0.799. The second-order valence-electron chi connectivity index (χ2n) is 4.20. The van der Waals surface area contributed by atoms with Crippen LogP contribution in [0.1, 0.15) is 11.1 Å². The molecule has 0 aliphatic rings. The number of benzene rings is 2. The third kappa shape index (κ3) is 3.34. The topological polar surface area (TPSA) is 21.3 Å². The molecule has 0 bridgehead atoms. The van der Waals surface area contributed by atoms with Crippen LogP contribution in [-0.4, -0.2) is 7.05 Å². The van der Waals surface area contributed by atoms with E-state index in [1.807, 2.05) is 37.4 Å². The van der Waals surface area contributed by atoms with Crippen molar-refractivity contribution in [3.8, 4) is 11.5 Å². The molecule has 0 amide bonds. The van der Waals surface area contributed by atoms with Gasteiger partial charge >= 0.3 is 0 Å². The molecule has 0 aromatic heterocycles. The average molecular weight is 306 g/mol. The van der Waals surface area contributed by atoms with Gasteiger partial charge in [0.2, 0.25) is 0 Å². The van der Waals surface area contributed by atoms with Gasteiger partial charge in [0, 0.05) is 16.6 Å². The number of hydrogen-bond donors (Lipinski definition) is 1. The second-order valence-corrected chi connectivity index (χ2v) is 5.11. The van der Waals surface area contributed by atoms with E-state index >= 15 is 0 Å². The van der Waals surface area contributed by atoms with Crippen LogP contribution in [0.25, 0.3) is 0 Å². The van der Waals surface area contributed by atoms with E-state index in [4.69, 9.17) is 4.74 Å². The Morgan fingerprint density at radius 2 is 1.83 bits per heavy atom. The molecule has 0 aliphatic carbocycles. The molecular weight excluding hydrogens is 290 g/mol. The highest BCUT2D eigenvalue weighted by molar-refractivity contribution is 9.10. The van der Waals surface area contributed by atoms with Gasteiger partial charge in [-0.15, -0.1) is 0 Å². The Kier molecular flexibility index (Phi) is 4.39. The van der Waals surface area contributed by atoms with E-state index in [1.54, 1.807) is 0 Å². The largest absolute Gasteiger partial charge is 0.457 e. The van der Waals surface area contributed by atoms with Gasteiger partial charge < -0.3 is 10.1 Å². The molecule has 0 saturated heterocycles. The van der Waals surface area contributed by atoms with Gasteiger partial charge in [0.25, 0.3) is 0 Å². The van der Waals surface area contributed by atoms with Gasteiger partial charge in [-0.05, 0) is 44.3 Å². The lowest BCUT2D eigenvalue weighted by Crippen LogP contribution is -2.06. The zero-order chi connectivity index (χ0) is 13.0. The molecule has 2 rings (SSSR count). The number of ether oxygens (including phenoxy) is 1. The average Bonchev–Trinajstić information content (AvgIpc) is 2.36. The summed E-state index contributed by atoms with van der Waals surface area (Å²) >= 11 is 3.41. The molecule has 3 heteroatoms. The molecule has 0 unspecified atom stereocenters. The van der Waals surface area contributed by atoms with Crippen molar-refractivity contribution in [1.82, 2.24) is 5.32 Å². The molecule has 0 fully saturated rings. The number of nitrogens with one attached hydrogen (secondary N) is 1. The van der Waals surface area contributed by atoms with Gasteiger partial charge in [-0.3, -0.25) is 0 Å². The summed E-state index contributed by atoms with van der Waals surface area (Å²) in [5.41, 5.74) is 2.41. The van der Waals surface area contributed by atoms with Crippen molar-refractivity contribution in [1.29, 1.82) is 0 Å². The van der Waals surface area contributed by atoms with Crippen LogP contribution in [0.5, 0.6) is 11.5 Å². The number of halogens is 1. The summed E-state index contributed by atoms with van der Waals surface area (Å²) in [6.07, 6.45) is 0. The van der Waals surface area contributed by atoms with E-state index in [0.717, 1.165) is 22.5 Å². The molecule has 0 aliphatic heterocycles. The molecule has 18 heavy (non-hydrogen) atoms. The summed E-state index contributed by atoms with van der Waals surface area (Å²) < 4.78 is 6.96. The summed E-state index contributed by atoms with van der Waals surface area (Å²) in [4.78, 5) is 0. The lowest BCUT2D eigenvalue weighted by molar-refractivity contribution is 0.474. The van der Waals surface area contributed by atoms with Crippen LogP contribution in [0.4, 0.5) is 0 Å². The number of hydrogen-bond acceptors (Lipinski definition) is 2. The molecule has 2 nitrogen and oxygen atoms in total. The number of rotatable bonds is 4. The predicted molar refractivity (Wildman–Crippen MR) is 78.2 cm³/mol. The summed E-state index contributed by atoms with van der Waals surface area (Å²) in [6.45, 7) is 2.89. The van der Waals surface area contributed by atoms with Gasteiger partial charge in [-0.25, -0.2) is 0 Å². The zero-order valence-electron chi connectivity index (χ0n) is 10.5. The first-order valence-corrected chi connectivity index (χ1v) is 6.66. The van der Waals surface area contributed by atoms with Crippen molar-refractivity contribution in [2.75, 3.05) is 7.05 Å². The van der Waals surface area contributed by atoms with Crippen LogP contribution >= 0.6 is 15.9 Å². The van der Waals surface area contributed by atoms with Gasteiger partial charge in [-0.2, -0.15) is 0 Å². The Bertz CT molecular complexity index is 523. The molecule has 2 aromatic rings. The van der Waals surface area contributed by atoms with Crippen LogP contribution in [0.15, 0.2) is 46.9 Å². The first-order valence-electron chi connectivity index (χ1n) is 5.86. The minimum absolute atomic E-state index is 0.799. The van der Waals surface area contributed by atoms with Crippen LogP contribution < -0.4 is 10.1 Å². The Hall–Kier alpha value is -1.32. The smallest absolute Gasteiger partial charge is 0.131 e. The Morgan fingerprint density at radius 1 is 1.11 bits per heavy atom. The van der Waals surface area contributed by atoms with Crippen LogP contribution in [0, 0.1) is 6.92 Å². The lowest BCUT2D eigenvalue weighted by atomic mass is 10.1. The first-order chi connectivity index (χ1) is 8.69. The van der Waals surface area contributed by atoms with E-state index < -0.39 is 0 Å². The van der Waals surface area contributed by atoms with Crippen molar-refractivity contribution in [3.63, 3.8) is 0 Å².